The van der Waals surface area contributed by atoms with E-state index in [1.807, 2.05) is 6.92 Å². The molecule has 8 heteroatoms. The van der Waals surface area contributed by atoms with Gasteiger partial charge in [-0.3, -0.25) is 0 Å². The maximum atomic E-state index is 11.5. The van der Waals surface area contributed by atoms with Crippen LogP contribution in [0.4, 0.5) is 0 Å². The van der Waals surface area contributed by atoms with Crippen molar-refractivity contribution in [3.8, 4) is 0 Å². The van der Waals surface area contributed by atoms with Crippen molar-refractivity contribution in [3.63, 3.8) is 0 Å². The van der Waals surface area contributed by atoms with Gasteiger partial charge in [0.05, 0.1) is 18.6 Å². The first-order chi connectivity index (χ1) is 8.89. The summed E-state index contributed by atoms with van der Waals surface area (Å²) in [7, 11) is -1.69. The van der Waals surface area contributed by atoms with E-state index in [9.17, 15) is 13.2 Å². The molecule has 0 saturated carbocycles. The van der Waals surface area contributed by atoms with Crippen molar-refractivity contribution in [2.75, 3.05) is 19.1 Å². The lowest BCUT2D eigenvalue weighted by Gasteiger charge is -2.06. The molecule has 1 heterocycles. The minimum atomic E-state index is -2.99. The molecule has 0 aromatic carbocycles. The number of methoxy groups -OCH3 is 1. The van der Waals surface area contributed by atoms with Crippen molar-refractivity contribution in [3.05, 3.63) is 11.4 Å². The summed E-state index contributed by atoms with van der Waals surface area (Å²) in [5, 5.41) is 7.70. The topological polar surface area (TPSA) is 91.2 Å². The van der Waals surface area contributed by atoms with Crippen molar-refractivity contribution in [2.24, 2.45) is 0 Å². The van der Waals surface area contributed by atoms with Gasteiger partial charge in [0.2, 0.25) is 0 Å². The Morgan fingerprint density at radius 3 is 2.63 bits per heavy atom. The van der Waals surface area contributed by atoms with Crippen molar-refractivity contribution in [1.29, 1.82) is 0 Å². The summed E-state index contributed by atoms with van der Waals surface area (Å²) in [6.45, 7) is 2.40. The van der Waals surface area contributed by atoms with Gasteiger partial charge in [-0.15, -0.1) is 5.10 Å². The fourth-order valence-corrected chi connectivity index (χ4v) is 2.38. The summed E-state index contributed by atoms with van der Waals surface area (Å²) >= 11 is 0. The van der Waals surface area contributed by atoms with Crippen LogP contribution < -0.4 is 0 Å². The zero-order chi connectivity index (χ0) is 14.5. The van der Waals surface area contributed by atoms with Gasteiger partial charge in [0.25, 0.3) is 0 Å². The highest BCUT2D eigenvalue weighted by Crippen LogP contribution is 2.10. The predicted molar refractivity (Wildman–Crippen MR) is 69.7 cm³/mol. The highest BCUT2D eigenvalue weighted by molar-refractivity contribution is 7.90. The van der Waals surface area contributed by atoms with Crippen LogP contribution in [0.3, 0.4) is 0 Å². The fraction of sp³-hybridized carbons (Fsp3) is 0.727. The zero-order valence-electron chi connectivity index (χ0n) is 11.4. The number of sulfone groups is 1. The lowest BCUT2D eigenvalue weighted by molar-refractivity contribution is 0.0592. The second-order valence-electron chi connectivity index (χ2n) is 4.33. The first-order valence-electron chi connectivity index (χ1n) is 6.07. The van der Waals surface area contributed by atoms with Crippen LogP contribution in [-0.4, -0.2) is 48.5 Å². The summed E-state index contributed by atoms with van der Waals surface area (Å²) in [6.07, 6.45) is 3.13. The van der Waals surface area contributed by atoms with E-state index in [2.05, 4.69) is 15.0 Å². The number of nitrogens with zero attached hydrogens (tertiary/aromatic N) is 3. The summed E-state index contributed by atoms with van der Waals surface area (Å²) in [5.41, 5.74) is 0.909. The molecule has 19 heavy (non-hydrogen) atoms. The van der Waals surface area contributed by atoms with Gasteiger partial charge < -0.3 is 4.74 Å². The van der Waals surface area contributed by atoms with Gasteiger partial charge in [-0.2, -0.15) is 0 Å². The average molecular weight is 289 g/mol. The number of esters is 1. The second kappa shape index (κ2) is 6.65. The van der Waals surface area contributed by atoms with Gasteiger partial charge in [-0.25, -0.2) is 17.9 Å². The van der Waals surface area contributed by atoms with Gasteiger partial charge in [-0.1, -0.05) is 18.6 Å². The number of aryl methyl sites for hydroxylation is 1. The van der Waals surface area contributed by atoms with E-state index in [-0.39, 0.29) is 11.4 Å². The van der Waals surface area contributed by atoms with E-state index in [0.717, 1.165) is 6.42 Å². The van der Waals surface area contributed by atoms with Crippen LogP contribution in [0.2, 0.25) is 0 Å². The molecule has 0 spiro atoms. The lowest BCUT2D eigenvalue weighted by Crippen LogP contribution is -2.12. The molecule has 0 bridgehead atoms. The third-order valence-corrected chi connectivity index (χ3v) is 3.62. The normalized spacial score (nSPS) is 11.5. The Hall–Kier alpha value is -1.44. The standard InChI is InChI=1S/C11H19N3O4S/c1-4-6-9-10(11(15)18-2)12-13-14(9)7-5-8-19(3,16)17/h4-8H2,1-3H3. The number of hydrogen-bond donors (Lipinski definition) is 0. The van der Waals surface area contributed by atoms with Gasteiger partial charge in [0.15, 0.2) is 5.69 Å². The molecule has 0 fully saturated rings. The predicted octanol–water partition coefficient (Wildman–Crippen LogP) is 0.452. The smallest absolute Gasteiger partial charge is 0.360 e. The van der Waals surface area contributed by atoms with Crippen molar-refractivity contribution < 1.29 is 17.9 Å². The molecule has 1 aromatic heterocycles. The van der Waals surface area contributed by atoms with Crippen LogP contribution in [0.15, 0.2) is 0 Å². The fourth-order valence-electron chi connectivity index (χ4n) is 1.73. The quantitative estimate of drug-likeness (QED) is 0.677. The zero-order valence-corrected chi connectivity index (χ0v) is 12.2. The molecule has 0 aliphatic heterocycles. The SMILES string of the molecule is CCCc1c(C(=O)OC)nnn1CCCS(C)(=O)=O. The number of carbonyl (C=O) groups excluding carboxylic acids is 1. The van der Waals surface area contributed by atoms with Gasteiger partial charge in [0.1, 0.15) is 9.84 Å². The van der Waals surface area contributed by atoms with Crippen LogP contribution in [0.5, 0.6) is 0 Å². The van der Waals surface area contributed by atoms with Gasteiger partial charge >= 0.3 is 5.97 Å². The van der Waals surface area contributed by atoms with Crippen molar-refractivity contribution >= 4 is 15.8 Å². The molecular formula is C11H19N3O4S. The second-order valence-corrected chi connectivity index (χ2v) is 6.59. The first-order valence-corrected chi connectivity index (χ1v) is 8.13. The van der Waals surface area contributed by atoms with E-state index >= 15 is 0 Å². The van der Waals surface area contributed by atoms with Crippen molar-refractivity contribution in [1.82, 2.24) is 15.0 Å². The highest BCUT2D eigenvalue weighted by Gasteiger charge is 2.19. The molecule has 1 aromatic rings. The number of hydrogen-bond acceptors (Lipinski definition) is 6. The van der Waals surface area contributed by atoms with Gasteiger partial charge in [-0.05, 0) is 12.8 Å². The molecule has 0 N–H and O–H groups in total. The number of aromatic nitrogens is 3. The van der Waals surface area contributed by atoms with E-state index in [0.29, 0.717) is 25.1 Å². The minimum Gasteiger partial charge on any atom is -0.464 e. The van der Waals surface area contributed by atoms with Crippen molar-refractivity contribution in [2.45, 2.75) is 32.7 Å². The maximum Gasteiger partial charge on any atom is 0.360 e. The largest absolute Gasteiger partial charge is 0.464 e. The Morgan fingerprint density at radius 1 is 1.42 bits per heavy atom. The molecule has 0 aliphatic rings. The number of rotatable bonds is 7. The van der Waals surface area contributed by atoms with Crippen LogP contribution in [-0.2, 0) is 27.5 Å². The minimum absolute atomic E-state index is 0.0893. The van der Waals surface area contributed by atoms with E-state index < -0.39 is 15.8 Å². The van der Waals surface area contributed by atoms with Crippen LogP contribution >= 0.6 is 0 Å². The molecule has 0 unspecified atom stereocenters. The Balaban J connectivity index is 2.83. The monoisotopic (exact) mass is 289 g/mol. The highest BCUT2D eigenvalue weighted by atomic mass is 32.2. The lowest BCUT2D eigenvalue weighted by atomic mass is 10.2. The number of carbonyl (C=O) groups is 1. The number of ether oxygens (including phenoxy) is 1. The third kappa shape index (κ3) is 4.62. The molecule has 0 saturated heterocycles. The molecule has 0 radical (unpaired) electrons. The summed E-state index contributed by atoms with van der Waals surface area (Å²) in [5.74, 6) is -0.427. The third-order valence-electron chi connectivity index (χ3n) is 2.59. The average Bonchev–Trinajstić information content (AvgIpc) is 2.71. The molecule has 7 nitrogen and oxygen atoms in total. The van der Waals surface area contributed by atoms with Gasteiger partial charge in [0, 0.05) is 12.8 Å². The Morgan fingerprint density at radius 2 is 2.11 bits per heavy atom. The summed E-state index contributed by atoms with van der Waals surface area (Å²) < 4.78 is 28.4. The molecule has 0 amide bonds. The van der Waals surface area contributed by atoms with E-state index in [1.165, 1.54) is 13.4 Å². The van der Waals surface area contributed by atoms with E-state index in [1.54, 1.807) is 4.68 Å². The maximum absolute atomic E-state index is 11.5. The molecule has 1 rings (SSSR count). The molecule has 108 valence electrons. The Bertz CT molecular complexity index is 536. The van der Waals surface area contributed by atoms with Crippen LogP contribution in [0.1, 0.15) is 35.9 Å². The Labute approximate surface area is 112 Å². The van der Waals surface area contributed by atoms with E-state index in [4.69, 9.17) is 0 Å². The molecule has 0 aliphatic carbocycles. The van der Waals surface area contributed by atoms with Crippen LogP contribution in [0.25, 0.3) is 0 Å². The first kappa shape index (κ1) is 15.6. The summed E-state index contributed by atoms with van der Waals surface area (Å²) in [4.78, 5) is 11.5. The molecular weight excluding hydrogens is 270 g/mol. The van der Waals surface area contributed by atoms with Crippen LogP contribution in [0, 0.1) is 0 Å². The molecule has 0 atom stereocenters. The Kier molecular flexibility index (Phi) is 5.46. The summed E-state index contributed by atoms with van der Waals surface area (Å²) in [6, 6.07) is 0.